The van der Waals surface area contributed by atoms with E-state index in [9.17, 15) is 9.59 Å². The van der Waals surface area contributed by atoms with Crippen molar-refractivity contribution in [2.75, 3.05) is 25.6 Å². The zero-order valence-electron chi connectivity index (χ0n) is 17.4. The van der Waals surface area contributed by atoms with Crippen LogP contribution >= 0.6 is 12.2 Å². The van der Waals surface area contributed by atoms with Crippen LogP contribution in [-0.2, 0) is 4.74 Å². The Hall–Kier alpha value is -3.91. The first kappa shape index (κ1) is 22.8. The molecular formula is C24H22N2O5S. The summed E-state index contributed by atoms with van der Waals surface area (Å²) < 4.78 is 16.0. The first-order valence-electron chi connectivity index (χ1n) is 9.77. The molecule has 0 saturated heterocycles. The summed E-state index contributed by atoms with van der Waals surface area (Å²) >= 11 is 5.20. The van der Waals surface area contributed by atoms with E-state index < -0.39 is 11.9 Å². The van der Waals surface area contributed by atoms with Gasteiger partial charge < -0.3 is 19.5 Å². The third-order valence-corrected chi connectivity index (χ3v) is 4.49. The summed E-state index contributed by atoms with van der Waals surface area (Å²) in [6.07, 6.45) is 0. The molecule has 0 atom stereocenters. The van der Waals surface area contributed by atoms with Crippen LogP contribution in [0.4, 0.5) is 5.69 Å². The maximum Gasteiger partial charge on any atom is 0.339 e. The Morgan fingerprint density at radius 2 is 1.41 bits per heavy atom. The van der Waals surface area contributed by atoms with Crippen molar-refractivity contribution in [1.29, 1.82) is 0 Å². The first-order valence-corrected chi connectivity index (χ1v) is 10.2. The third kappa shape index (κ3) is 6.55. The smallest absolute Gasteiger partial charge is 0.339 e. The zero-order valence-corrected chi connectivity index (χ0v) is 18.2. The molecule has 3 aromatic rings. The Balaban J connectivity index is 1.48. The van der Waals surface area contributed by atoms with Crippen molar-refractivity contribution in [2.24, 2.45) is 0 Å². The van der Waals surface area contributed by atoms with Gasteiger partial charge in [-0.2, -0.15) is 0 Å². The molecule has 0 heterocycles. The minimum Gasteiger partial charge on any atom is -0.490 e. The molecule has 1 amide bonds. The molecule has 0 bridgehead atoms. The van der Waals surface area contributed by atoms with Gasteiger partial charge in [0.05, 0.1) is 18.4 Å². The fourth-order valence-electron chi connectivity index (χ4n) is 2.75. The normalized spacial score (nSPS) is 10.0. The lowest BCUT2D eigenvalue weighted by Crippen LogP contribution is -2.34. The predicted octanol–water partition coefficient (Wildman–Crippen LogP) is 4.06. The van der Waals surface area contributed by atoms with E-state index in [0.717, 1.165) is 5.75 Å². The monoisotopic (exact) mass is 450 g/mol. The van der Waals surface area contributed by atoms with Crippen LogP contribution in [0, 0.1) is 0 Å². The van der Waals surface area contributed by atoms with Crippen molar-refractivity contribution in [3.63, 3.8) is 0 Å². The molecule has 164 valence electrons. The first-order chi connectivity index (χ1) is 15.6. The van der Waals surface area contributed by atoms with Gasteiger partial charge in [0, 0.05) is 5.56 Å². The molecule has 0 aliphatic heterocycles. The maximum atomic E-state index is 12.5. The SMILES string of the molecule is COC(=O)c1ccccc1NC(=S)NC(=O)c1ccc(OCCOc2ccccc2)cc1. The highest BCUT2D eigenvalue weighted by Gasteiger charge is 2.13. The second-order valence-electron chi connectivity index (χ2n) is 6.48. The minimum atomic E-state index is -0.507. The Labute approximate surface area is 191 Å². The molecule has 7 nitrogen and oxygen atoms in total. The van der Waals surface area contributed by atoms with E-state index in [-0.39, 0.29) is 5.11 Å². The number of ether oxygens (including phenoxy) is 3. The van der Waals surface area contributed by atoms with Crippen LogP contribution in [0.1, 0.15) is 20.7 Å². The summed E-state index contributed by atoms with van der Waals surface area (Å²) in [4.78, 5) is 24.3. The van der Waals surface area contributed by atoms with Crippen molar-refractivity contribution in [3.8, 4) is 11.5 Å². The lowest BCUT2D eigenvalue weighted by molar-refractivity contribution is 0.0602. The van der Waals surface area contributed by atoms with Gasteiger partial charge in [0.2, 0.25) is 0 Å². The zero-order chi connectivity index (χ0) is 22.8. The van der Waals surface area contributed by atoms with Gasteiger partial charge in [-0.1, -0.05) is 30.3 Å². The summed E-state index contributed by atoms with van der Waals surface area (Å²) in [6.45, 7) is 0.771. The van der Waals surface area contributed by atoms with E-state index in [0.29, 0.717) is 35.8 Å². The number of anilines is 1. The van der Waals surface area contributed by atoms with Crippen molar-refractivity contribution in [3.05, 3.63) is 90.0 Å². The van der Waals surface area contributed by atoms with E-state index in [1.165, 1.54) is 7.11 Å². The van der Waals surface area contributed by atoms with Crippen molar-refractivity contribution in [1.82, 2.24) is 5.32 Å². The highest BCUT2D eigenvalue weighted by atomic mass is 32.1. The molecule has 0 aromatic heterocycles. The van der Waals surface area contributed by atoms with Crippen LogP contribution < -0.4 is 20.1 Å². The topological polar surface area (TPSA) is 85.9 Å². The van der Waals surface area contributed by atoms with Gasteiger partial charge in [-0.05, 0) is 60.7 Å². The standard InChI is InChI=1S/C24H22N2O5S/c1-29-23(28)20-9-5-6-10-21(20)25-24(32)26-22(27)17-11-13-19(14-12-17)31-16-15-30-18-7-3-2-4-8-18/h2-14H,15-16H2,1H3,(H2,25,26,27,32). The molecule has 0 fully saturated rings. The molecule has 0 spiro atoms. The molecule has 2 N–H and O–H groups in total. The van der Waals surface area contributed by atoms with Crippen molar-refractivity contribution < 1.29 is 23.8 Å². The Kier molecular flexibility index (Phi) is 8.16. The fourth-order valence-corrected chi connectivity index (χ4v) is 2.95. The fraction of sp³-hybridized carbons (Fsp3) is 0.125. The predicted molar refractivity (Wildman–Crippen MR) is 125 cm³/mol. The number of thiocarbonyl (C=S) groups is 1. The molecule has 0 unspecified atom stereocenters. The summed E-state index contributed by atoms with van der Waals surface area (Å²) in [5.74, 6) is 0.497. The van der Waals surface area contributed by atoms with E-state index in [4.69, 9.17) is 26.4 Å². The van der Waals surface area contributed by atoms with Gasteiger partial charge in [0.1, 0.15) is 24.7 Å². The molecule has 0 aliphatic rings. The molecular weight excluding hydrogens is 428 g/mol. The molecule has 0 aliphatic carbocycles. The van der Waals surface area contributed by atoms with Crippen molar-refractivity contribution >= 4 is 34.9 Å². The number of carbonyl (C=O) groups excluding carboxylic acids is 2. The van der Waals surface area contributed by atoms with Crippen LogP contribution in [0.5, 0.6) is 11.5 Å². The quantitative estimate of drug-likeness (QED) is 0.304. The Bertz CT molecular complexity index is 1070. The molecule has 3 aromatic carbocycles. The lowest BCUT2D eigenvalue weighted by Gasteiger charge is -2.12. The largest absolute Gasteiger partial charge is 0.490 e. The molecule has 3 rings (SSSR count). The number of nitrogens with one attached hydrogen (secondary N) is 2. The van der Waals surface area contributed by atoms with Crippen LogP contribution in [0.25, 0.3) is 0 Å². The van der Waals surface area contributed by atoms with E-state index in [1.807, 2.05) is 30.3 Å². The van der Waals surface area contributed by atoms with Gasteiger partial charge in [0.15, 0.2) is 5.11 Å². The Morgan fingerprint density at radius 1 is 0.812 bits per heavy atom. The van der Waals surface area contributed by atoms with Crippen LogP contribution in [-0.4, -0.2) is 37.3 Å². The second kappa shape index (κ2) is 11.5. The summed E-state index contributed by atoms with van der Waals surface area (Å²) in [6, 6.07) is 22.8. The average Bonchev–Trinajstić information content (AvgIpc) is 2.82. The molecule has 0 radical (unpaired) electrons. The summed E-state index contributed by atoms with van der Waals surface area (Å²) in [5, 5.41) is 5.49. The molecule has 0 saturated carbocycles. The number of rotatable bonds is 8. The number of amides is 1. The number of carbonyl (C=O) groups is 2. The molecule has 32 heavy (non-hydrogen) atoms. The summed E-state index contributed by atoms with van der Waals surface area (Å²) in [5.41, 5.74) is 1.15. The van der Waals surface area contributed by atoms with Crippen LogP contribution in [0.2, 0.25) is 0 Å². The Morgan fingerprint density at radius 3 is 2.06 bits per heavy atom. The lowest BCUT2D eigenvalue weighted by atomic mass is 10.2. The van der Waals surface area contributed by atoms with Gasteiger partial charge in [-0.25, -0.2) is 4.79 Å². The van der Waals surface area contributed by atoms with Gasteiger partial charge in [0.25, 0.3) is 5.91 Å². The second-order valence-corrected chi connectivity index (χ2v) is 6.89. The average molecular weight is 451 g/mol. The van der Waals surface area contributed by atoms with Crippen molar-refractivity contribution in [2.45, 2.75) is 0 Å². The number of methoxy groups -OCH3 is 1. The van der Waals surface area contributed by atoms with Gasteiger partial charge >= 0.3 is 5.97 Å². The highest BCUT2D eigenvalue weighted by Crippen LogP contribution is 2.16. The van der Waals surface area contributed by atoms with Gasteiger partial charge in [-0.15, -0.1) is 0 Å². The van der Waals surface area contributed by atoms with E-state index in [2.05, 4.69) is 10.6 Å². The number of esters is 1. The maximum absolute atomic E-state index is 12.5. The van der Waals surface area contributed by atoms with E-state index >= 15 is 0 Å². The number of hydrogen-bond donors (Lipinski definition) is 2. The minimum absolute atomic E-state index is 0.0599. The highest BCUT2D eigenvalue weighted by molar-refractivity contribution is 7.80. The summed E-state index contributed by atoms with van der Waals surface area (Å²) in [7, 11) is 1.29. The number of para-hydroxylation sites is 2. The van der Waals surface area contributed by atoms with E-state index in [1.54, 1.807) is 48.5 Å². The molecule has 8 heteroatoms. The number of benzene rings is 3. The van der Waals surface area contributed by atoms with Crippen LogP contribution in [0.3, 0.4) is 0 Å². The van der Waals surface area contributed by atoms with Crippen LogP contribution in [0.15, 0.2) is 78.9 Å². The third-order valence-electron chi connectivity index (χ3n) is 4.29. The number of hydrogen-bond acceptors (Lipinski definition) is 6. The van der Waals surface area contributed by atoms with Gasteiger partial charge in [-0.3, -0.25) is 10.1 Å².